The molecule has 0 spiro atoms. The highest BCUT2D eigenvalue weighted by molar-refractivity contribution is 14.0. The predicted molar refractivity (Wildman–Crippen MR) is 108 cm³/mol. The number of likely N-dealkylation sites (N-methyl/N-ethyl adjacent to an activating group) is 1. The lowest BCUT2D eigenvalue weighted by atomic mass is 10.3. The van der Waals surface area contributed by atoms with Gasteiger partial charge in [0.1, 0.15) is 0 Å². The number of carbonyl (C=O) groups is 1. The largest absolute Gasteiger partial charge is 0.356 e. The van der Waals surface area contributed by atoms with Crippen LogP contribution in [0.15, 0.2) is 22.5 Å². The maximum Gasteiger partial charge on any atom is 0.220 e. The Kier molecular flexibility index (Phi) is 9.54. The minimum Gasteiger partial charge on any atom is -0.356 e. The van der Waals surface area contributed by atoms with E-state index in [1.54, 1.807) is 18.4 Å². The number of hydrogen-bond donors (Lipinski definition) is 2. The molecule has 1 aromatic heterocycles. The minimum atomic E-state index is 0. The molecular formula is C16H27IN4OS. The fourth-order valence-electron chi connectivity index (χ4n) is 2.20. The van der Waals surface area contributed by atoms with E-state index in [0.29, 0.717) is 12.5 Å². The molecule has 23 heavy (non-hydrogen) atoms. The van der Waals surface area contributed by atoms with E-state index in [0.717, 1.165) is 44.7 Å². The number of hydrogen-bond acceptors (Lipinski definition) is 3. The number of amides is 1. The molecule has 1 saturated carbocycles. The van der Waals surface area contributed by atoms with Crippen LogP contribution in [-0.2, 0) is 11.2 Å². The molecule has 1 aliphatic carbocycles. The Balaban J connectivity index is 0.00000264. The molecule has 0 saturated heterocycles. The minimum absolute atomic E-state index is 0. The van der Waals surface area contributed by atoms with Crippen molar-refractivity contribution < 1.29 is 4.79 Å². The quantitative estimate of drug-likeness (QED) is 0.277. The summed E-state index contributed by atoms with van der Waals surface area (Å²) in [6.45, 7) is 1.70. The Bertz CT molecular complexity index is 488. The first kappa shape index (κ1) is 20.2. The maximum atomic E-state index is 11.6. The van der Waals surface area contributed by atoms with E-state index < -0.39 is 0 Å². The molecule has 1 heterocycles. The van der Waals surface area contributed by atoms with Gasteiger partial charge in [-0.05, 0) is 37.1 Å². The number of nitrogens with one attached hydrogen (secondary N) is 2. The van der Waals surface area contributed by atoms with E-state index in [1.165, 1.54) is 4.88 Å². The molecule has 0 unspecified atom stereocenters. The average molecular weight is 450 g/mol. The second-order valence-corrected chi connectivity index (χ2v) is 6.70. The second-order valence-electron chi connectivity index (χ2n) is 5.67. The van der Waals surface area contributed by atoms with Gasteiger partial charge >= 0.3 is 0 Å². The monoisotopic (exact) mass is 450 g/mol. The molecule has 130 valence electrons. The van der Waals surface area contributed by atoms with Gasteiger partial charge in [-0.1, -0.05) is 6.07 Å². The molecule has 1 aliphatic rings. The molecule has 0 radical (unpaired) electrons. The first-order chi connectivity index (χ1) is 10.7. The standard InChI is InChI=1S/C16H26N4OS.HI/c1-17-16(20(2)11-9-14-5-4-12-22-14)18-10-3-6-15(21)19-13-7-8-13;/h4-5,12-13H,3,6-11H2,1-2H3,(H,17,18)(H,19,21);1H. The third-order valence-corrected chi connectivity index (χ3v) is 4.59. The molecule has 1 fully saturated rings. The van der Waals surface area contributed by atoms with Crippen LogP contribution < -0.4 is 10.6 Å². The lowest BCUT2D eigenvalue weighted by molar-refractivity contribution is -0.121. The van der Waals surface area contributed by atoms with E-state index in [9.17, 15) is 4.79 Å². The van der Waals surface area contributed by atoms with Crippen molar-refractivity contribution in [2.75, 3.05) is 27.2 Å². The van der Waals surface area contributed by atoms with Crippen molar-refractivity contribution in [2.24, 2.45) is 4.99 Å². The van der Waals surface area contributed by atoms with Crippen LogP contribution in [0.1, 0.15) is 30.6 Å². The summed E-state index contributed by atoms with van der Waals surface area (Å²) >= 11 is 1.79. The van der Waals surface area contributed by atoms with Gasteiger partial charge in [-0.15, -0.1) is 35.3 Å². The zero-order chi connectivity index (χ0) is 15.8. The number of rotatable bonds is 8. The van der Waals surface area contributed by atoms with Gasteiger partial charge < -0.3 is 15.5 Å². The molecule has 0 aliphatic heterocycles. The summed E-state index contributed by atoms with van der Waals surface area (Å²) in [5.41, 5.74) is 0. The van der Waals surface area contributed by atoms with Crippen LogP contribution in [0.5, 0.6) is 0 Å². The lowest BCUT2D eigenvalue weighted by Gasteiger charge is -2.21. The molecular weight excluding hydrogens is 423 g/mol. The van der Waals surface area contributed by atoms with Crippen molar-refractivity contribution in [3.8, 4) is 0 Å². The Hall–Kier alpha value is -0.830. The number of aliphatic imine (C=N–C) groups is 1. The van der Waals surface area contributed by atoms with Crippen molar-refractivity contribution >= 4 is 47.2 Å². The van der Waals surface area contributed by atoms with Crippen molar-refractivity contribution in [1.29, 1.82) is 0 Å². The Morgan fingerprint density at radius 3 is 2.87 bits per heavy atom. The van der Waals surface area contributed by atoms with Gasteiger partial charge in [0.15, 0.2) is 5.96 Å². The number of carbonyl (C=O) groups excluding carboxylic acids is 1. The SMILES string of the molecule is CN=C(NCCCC(=O)NC1CC1)N(C)CCc1cccs1.I. The normalized spacial score (nSPS) is 14.1. The lowest BCUT2D eigenvalue weighted by Crippen LogP contribution is -2.40. The summed E-state index contributed by atoms with van der Waals surface area (Å²) in [6, 6.07) is 4.70. The summed E-state index contributed by atoms with van der Waals surface area (Å²) in [7, 11) is 3.84. The van der Waals surface area contributed by atoms with Crippen molar-refractivity contribution in [3.05, 3.63) is 22.4 Å². The van der Waals surface area contributed by atoms with Crippen LogP contribution in [0.4, 0.5) is 0 Å². The molecule has 2 rings (SSSR count). The summed E-state index contributed by atoms with van der Waals surface area (Å²) < 4.78 is 0. The summed E-state index contributed by atoms with van der Waals surface area (Å²) in [5, 5.41) is 8.44. The van der Waals surface area contributed by atoms with Gasteiger partial charge in [0.05, 0.1) is 0 Å². The third-order valence-electron chi connectivity index (χ3n) is 3.65. The smallest absolute Gasteiger partial charge is 0.220 e. The first-order valence-electron chi connectivity index (χ1n) is 7.92. The maximum absolute atomic E-state index is 11.6. The average Bonchev–Trinajstić information content (AvgIpc) is 3.16. The first-order valence-corrected chi connectivity index (χ1v) is 8.80. The molecule has 5 nitrogen and oxygen atoms in total. The summed E-state index contributed by atoms with van der Waals surface area (Å²) in [4.78, 5) is 19.4. The van der Waals surface area contributed by atoms with Crippen LogP contribution >= 0.6 is 35.3 Å². The van der Waals surface area contributed by atoms with Crippen LogP contribution in [0.2, 0.25) is 0 Å². The highest BCUT2D eigenvalue weighted by Crippen LogP contribution is 2.18. The highest BCUT2D eigenvalue weighted by Gasteiger charge is 2.22. The molecule has 7 heteroatoms. The molecule has 1 aromatic rings. The molecule has 0 atom stereocenters. The number of nitrogens with zero attached hydrogens (tertiary/aromatic N) is 2. The van der Waals surface area contributed by atoms with E-state index in [1.807, 2.05) is 7.05 Å². The van der Waals surface area contributed by atoms with Crippen LogP contribution in [0.25, 0.3) is 0 Å². The fourth-order valence-corrected chi connectivity index (χ4v) is 2.90. The highest BCUT2D eigenvalue weighted by atomic mass is 127. The Labute approximate surface area is 160 Å². The number of halogens is 1. The topological polar surface area (TPSA) is 56.7 Å². The van der Waals surface area contributed by atoms with Crippen LogP contribution in [-0.4, -0.2) is 50.0 Å². The summed E-state index contributed by atoms with van der Waals surface area (Å²) in [5.74, 6) is 1.06. The van der Waals surface area contributed by atoms with Crippen LogP contribution in [0, 0.1) is 0 Å². The Morgan fingerprint density at radius 2 is 2.26 bits per heavy atom. The molecule has 1 amide bonds. The van der Waals surface area contributed by atoms with Gasteiger partial charge in [-0.3, -0.25) is 9.79 Å². The fraction of sp³-hybridized carbons (Fsp3) is 0.625. The van der Waals surface area contributed by atoms with Crippen molar-refractivity contribution in [2.45, 2.75) is 38.1 Å². The van der Waals surface area contributed by atoms with Crippen LogP contribution in [0.3, 0.4) is 0 Å². The number of guanidine groups is 1. The zero-order valence-electron chi connectivity index (χ0n) is 13.9. The van der Waals surface area contributed by atoms with E-state index in [4.69, 9.17) is 0 Å². The van der Waals surface area contributed by atoms with E-state index in [-0.39, 0.29) is 29.9 Å². The van der Waals surface area contributed by atoms with Gasteiger partial charge in [-0.2, -0.15) is 0 Å². The molecule has 0 bridgehead atoms. The molecule has 2 N–H and O–H groups in total. The summed E-state index contributed by atoms with van der Waals surface area (Å²) in [6.07, 6.45) is 4.73. The van der Waals surface area contributed by atoms with Gasteiger partial charge in [0.25, 0.3) is 0 Å². The molecule has 0 aromatic carbocycles. The van der Waals surface area contributed by atoms with Gasteiger partial charge in [0.2, 0.25) is 5.91 Å². The van der Waals surface area contributed by atoms with Gasteiger partial charge in [-0.25, -0.2) is 0 Å². The van der Waals surface area contributed by atoms with E-state index in [2.05, 4.69) is 38.0 Å². The number of thiophene rings is 1. The zero-order valence-corrected chi connectivity index (χ0v) is 17.0. The van der Waals surface area contributed by atoms with Crippen molar-refractivity contribution in [3.63, 3.8) is 0 Å². The van der Waals surface area contributed by atoms with Crippen molar-refractivity contribution in [1.82, 2.24) is 15.5 Å². The second kappa shape index (κ2) is 10.9. The Morgan fingerprint density at radius 1 is 1.48 bits per heavy atom. The predicted octanol–water partition coefficient (Wildman–Crippen LogP) is 2.47. The third kappa shape index (κ3) is 8.01. The van der Waals surface area contributed by atoms with E-state index >= 15 is 0 Å². The van der Waals surface area contributed by atoms with Gasteiger partial charge in [0, 0.05) is 44.5 Å².